The molecule has 98 valence electrons. The minimum absolute atomic E-state index is 0.0894. The predicted molar refractivity (Wildman–Crippen MR) is 81.1 cm³/mol. The standard InChI is InChI=1S/C17H13NOS/c1-10-15-11-6-2-4-8-13(11)20-14-9-5-3-7-12(14)16(15)18-17(10)19/h2-10H,1H3,(H,18,19). The summed E-state index contributed by atoms with van der Waals surface area (Å²) in [5, 5.41) is 3.07. The zero-order valence-corrected chi connectivity index (χ0v) is 11.8. The lowest BCUT2D eigenvalue weighted by Crippen LogP contribution is -2.19. The fourth-order valence-electron chi connectivity index (χ4n) is 2.89. The van der Waals surface area contributed by atoms with Crippen LogP contribution in [0.5, 0.6) is 0 Å². The van der Waals surface area contributed by atoms with Gasteiger partial charge < -0.3 is 5.32 Å². The summed E-state index contributed by atoms with van der Waals surface area (Å²) < 4.78 is 0. The van der Waals surface area contributed by atoms with E-state index in [9.17, 15) is 4.79 Å². The number of hydrogen-bond donors (Lipinski definition) is 1. The second-order valence-corrected chi connectivity index (χ2v) is 6.18. The van der Waals surface area contributed by atoms with Crippen LogP contribution in [0.1, 0.15) is 18.1 Å². The third-order valence-corrected chi connectivity index (χ3v) is 5.05. The van der Waals surface area contributed by atoms with Gasteiger partial charge in [0.05, 0.1) is 11.6 Å². The molecule has 20 heavy (non-hydrogen) atoms. The van der Waals surface area contributed by atoms with Gasteiger partial charge in [0.2, 0.25) is 5.91 Å². The maximum absolute atomic E-state index is 12.1. The molecule has 2 aromatic rings. The summed E-state index contributed by atoms with van der Waals surface area (Å²) in [5.41, 5.74) is 4.41. The van der Waals surface area contributed by atoms with Crippen LogP contribution < -0.4 is 5.32 Å². The van der Waals surface area contributed by atoms with Gasteiger partial charge in [0.25, 0.3) is 0 Å². The number of carbonyl (C=O) groups excluding carboxylic acids is 1. The summed E-state index contributed by atoms with van der Waals surface area (Å²) in [7, 11) is 0. The molecular weight excluding hydrogens is 266 g/mol. The van der Waals surface area contributed by atoms with Crippen LogP contribution in [0.15, 0.2) is 58.3 Å². The highest BCUT2D eigenvalue weighted by atomic mass is 32.2. The highest BCUT2D eigenvalue weighted by Gasteiger charge is 2.34. The van der Waals surface area contributed by atoms with E-state index in [-0.39, 0.29) is 11.8 Å². The lowest BCUT2D eigenvalue weighted by Gasteiger charge is -2.10. The van der Waals surface area contributed by atoms with Gasteiger partial charge in [0, 0.05) is 15.4 Å². The minimum Gasteiger partial charge on any atom is -0.325 e. The Bertz CT molecular complexity index is 763. The second-order valence-electron chi connectivity index (χ2n) is 5.09. The molecule has 0 aliphatic carbocycles. The normalized spacial score (nSPS) is 19.9. The van der Waals surface area contributed by atoms with Crippen molar-refractivity contribution in [1.29, 1.82) is 0 Å². The Morgan fingerprint density at radius 1 is 0.950 bits per heavy atom. The third-order valence-electron chi connectivity index (χ3n) is 3.90. The highest BCUT2D eigenvalue weighted by Crippen LogP contribution is 2.47. The zero-order valence-electron chi connectivity index (χ0n) is 11.0. The lowest BCUT2D eigenvalue weighted by atomic mass is 9.93. The van der Waals surface area contributed by atoms with E-state index in [1.54, 1.807) is 11.8 Å². The first-order valence-corrected chi connectivity index (χ1v) is 7.49. The van der Waals surface area contributed by atoms with Crippen LogP contribution in [-0.4, -0.2) is 5.91 Å². The summed E-state index contributed by atoms with van der Waals surface area (Å²) in [5.74, 6) is -0.00980. The zero-order chi connectivity index (χ0) is 13.7. The van der Waals surface area contributed by atoms with Crippen LogP contribution in [0.25, 0.3) is 11.3 Å². The molecule has 1 N–H and O–H groups in total. The number of amides is 1. The first-order valence-electron chi connectivity index (χ1n) is 6.67. The van der Waals surface area contributed by atoms with Crippen molar-refractivity contribution >= 4 is 28.9 Å². The summed E-state index contributed by atoms with van der Waals surface area (Å²) in [6, 6.07) is 16.6. The molecule has 1 unspecified atom stereocenters. The van der Waals surface area contributed by atoms with Crippen LogP contribution in [0, 0.1) is 5.92 Å². The largest absolute Gasteiger partial charge is 0.325 e. The van der Waals surface area contributed by atoms with Gasteiger partial charge >= 0.3 is 0 Å². The van der Waals surface area contributed by atoms with Gasteiger partial charge in [0.15, 0.2) is 0 Å². The molecule has 1 atom stereocenters. The quantitative estimate of drug-likeness (QED) is 0.795. The first kappa shape index (κ1) is 11.8. The van der Waals surface area contributed by atoms with Crippen LogP contribution >= 0.6 is 11.8 Å². The van der Waals surface area contributed by atoms with Crippen LogP contribution in [0.3, 0.4) is 0 Å². The van der Waals surface area contributed by atoms with E-state index in [2.05, 4.69) is 35.6 Å². The summed E-state index contributed by atoms with van der Waals surface area (Å²) >= 11 is 1.77. The van der Waals surface area contributed by atoms with Gasteiger partial charge in [-0.3, -0.25) is 4.79 Å². The fourth-order valence-corrected chi connectivity index (χ4v) is 3.98. The number of hydrogen-bond acceptors (Lipinski definition) is 2. The van der Waals surface area contributed by atoms with Crippen molar-refractivity contribution < 1.29 is 4.79 Å². The minimum atomic E-state index is -0.0992. The molecule has 0 radical (unpaired) electrons. The number of fused-ring (bicyclic) bond motifs is 4. The summed E-state index contributed by atoms with van der Waals surface area (Å²) in [6.07, 6.45) is 0. The molecule has 4 rings (SSSR count). The Kier molecular flexibility index (Phi) is 2.51. The smallest absolute Gasteiger partial charge is 0.231 e. The van der Waals surface area contributed by atoms with E-state index >= 15 is 0 Å². The molecule has 0 saturated carbocycles. The second kappa shape index (κ2) is 4.25. The molecule has 1 amide bonds. The lowest BCUT2D eigenvalue weighted by molar-refractivity contribution is -0.121. The molecule has 2 aliphatic heterocycles. The van der Waals surface area contributed by atoms with E-state index in [1.165, 1.54) is 15.4 Å². The fraction of sp³-hybridized carbons (Fsp3) is 0.118. The van der Waals surface area contributed by atoms with Crippen LogP contribution in [-0.2, 0) is 4.79 Å². The Morgan fingerprint density at radius 3 is 2.30 bits per heavy atom. The van der Waals surface area contributed by atoms with E-state index in [0.29, 0.717) is 0 Å². The topological polar surface area (TPSA) is 29.1 Å². The Balaban J connectivity index is 2.07. The summed E-state index contributed by atoms with van der Waals surface area (Å²) in [4.78, 5) is 14.5. The number of carbonyl (C=O) groups is 1. The van der Waals surface area contributed by atoms with Gasteiger partial charge in [-0.2, -0.15) is 0 Å². The maximum Gasteiger partial charge on any atom is 0.231 e. The molecule has 0 bridgehead atoms. The van der Waals surface area contributed by atoms with E-state index < -0.39 is 0 Å². The Labute approximate surface area is 121 Å². The maximum atomic E-state index is 12.1. The van der Waals surface area contributed by atoms with E-state index in [4.69, 9.17) is 0 Å². The molecule has 3 heteroatoms. The molecule has 0 fully saturated rings. The van der Waals surface area contributed by atoms with Crippen molar-refractivity contribution in [2.45, 2.75) is 16.7 Å². The Morgan fingerprint density at radius 2 is 1.55 bits per heavy atom. The first-order chi connectivity index (χ1) is 9.75. The van der Waals surface area contributed by atoms with Crippen molar-refractivity contribution in [3.63, 3.8) is 0 Å². The Hall–Kier alpha value is -2.00. The predicted octanol–water partition coefficient (Wildman–Crippen LogP) is 3.79. The molecular formula is C17H13NOS. The molecule has 0 aromatic heterocycles. The molecule has 0 spiro atoms. The van der Waals surface area contributed by atoms with Gasteiger partial charge in [-0.25, -0.2) is 0 Å². The van der Waals surface area contributed by atoms with Crippen LogP contribution in [0.2, 0.25) is 0 Å². The summed E-state index contributed by atoms with van der Waals surface area (Å²) in [6.45, 7) is 1.98. The van der Waals surface area contributed by atoms with Gasteiger partial charge in [-0.15, -0.1) is 0 Å². The molecule has 2 aliphatic rings. The molecule has 0 saturated heterocycles. The number of nitrogens with one attached hydrogen (secondary N) is 1. The highest BCUT2D eigenvalue weighted by molar-refractivity contribution is 7.99. The SMILES string of the molecule is CC1C(=O)NC2=C1c1ccccc1Sc1ccccc12. The third kappa shape index (κ3) is 1.56. The van der Waals surface area contributed by atoms with E-state index in [1.807, 2.05) is 25.1 Å². The van der Waals surface area contributed by atoms with Crippen molar-refractivity contribution in [2.75, 3.05) is 0 Å². The van der Waals surface area contributed by atoms with Gasteiger partial charge in [0.1, 0.15) is 0 Å². The number of benzene rings is 2. The average Bonchev–Trinajstić information content (AvgIpc) is 2.68. The van der Waals surface area contributed by atoms with Crippen molar-refractivity contribution in [3.05, 3.63) is 59.7 Å². The number of rotatable bonds is 0. The van der Waals surface area contributed by atoms with Gasteiger partial charge in [-0.05, 0) is 30.2 Å². The monoisotopic (exact) mass is 279 g/mol. The van der Waals surface area contributed by atoms with Crippen molar-refractivity contribution in [1.82, 2.24) is 5.32 Å². The molecule has 2 nitrogen and oxygen atoms in total. The average molecular weight is 279 g/mol. The molecule has 2 aromatic carbocycles. The molecule has 2 heterocycles. The van der Waals surface area contributed by atoms with Crippen molar-refractivity contribution in [2.24, 2.45) is 5.92 Å². The van der Waals surface area contributed by atoms with Crippen molar-refractivity contribution in [3.8, 4) is 0 Å². The van der Waals surface area contributed by atoms with Crippen LogP contribution in [0.4, 0.5) is 0 Å². The van der Waals surface area contributed by atoms with E-state index in [0.717, 1.165) is 16.8 Å². The van der Waals surface area contributed by atoms with Gasteiger partial charge in [-0.1, -0.05) is 48.2 Å².